The number of carboxylic acid groups (broad SMARTS) is 1. The third kappa shape index (κ3) is 6.48. The van der Waals surface area contributed by atoms with Crippen LogP contribution in [0, 0.1) is 6.92 Å². The zero-order valence-corrected chi connectivity index (χ0v) is 17.2. The number of aryl methyl sites for hydroxylation is 2. The summed E-state index contributed by atoms with van der Waals surface area (Å²) in [6.07, 6.45) is 0.555. The van der Waals surface area contributed by atoms with Gasteiger partial charge in [-0.2, -0.15) is 0 Å². The summed E-state index contributed by atoms with van der Waals surface area (Å²) >= 11 is 0. The molecule has 0 aromatic heterocycles. The van der Waals surface area contributed by atoms with Crippen LogP contribution >= 0.6 is 0 Å². The second-order valence-corrected chi connectivity index (χ2v) is 6.98. The number of benzene rings is 2. The van der Waals surface area contributed by atoms with Gasteiger partial charge >= 0.3 is 5.97 Å². The van der Waals surface area contributed by atoms with Gasteiger partial charge in [0.1, 0.15) is 19.0 Å². The molecular weight excluding hydrogens is 356 g/mol. The molecule has 2 aromatic rings. The quantitative estimate of drug-likeness (QED) is 0.551. The van der Waals surface area contributed by atoms with Crippen molar-refractivity contribution in [1.82, 2.24) is 0 Å². The minimum atomic E-state index is -0.813. The Morgan fingerprint density at radius 1 is 1.00 bits per heavy atom. The van der Waals surface area contributed by atoms with E-state index in [0.29, 0.717) is 43.7 Å². The SMILES string of the molecule is CCOc1cc(CCC(=O)O)ccc1OCCOc1ccc(C(C)C)c(C)c1. The number of rotatable bonds is 11. The number of carbonyl (C=O) groups is 1. The zero-order chi connectivity index (χ0) is 20.5. The van der Waals surface area contributed by atoms with Crippen LogP contribution in [0.4, 0.5) is 0 Å². The third-order valence-electron chi connectivity index (χ3n) is 4.41. The van der Waals surface area contributed by atoms with Crippen molar-refractivity contribution in [3.05, 3.63) is 53.1 Å². The van der Waals surface area contributed by atoms with Crippen LogP contribution in [0.1, 0.15) is 49.8 Å². The molecule has 5 nitrogen and oxygen atoms in total. The standard InChI is InChI=1S/C23H30O5/c1-5-26-22-15-18(7-11-23(24)25)6-10-21(22)28-13-12-27-19-8-9-20(16(2)3)17(4)14-19/h6,8-10,14-16H,5,7,11-13H2,1-4H3,(H,24,25). The topological polar surface area (TPSA) is 65.0 Å². The van der Waals surface area contributed by atoms with Crippen molar-refractivity contribution in [1.29, 1.82) is 0 Å². The number of carboxylic acids is 1. The van der Waals surface area contributed by atoms with E-state index in [4.69, 9.17) is 19.3 Å². The lowest BCUT2D eigenvalue weighted by molar-refractivity contribution is -0.136. The van der Waals surface area contributed by atoms with Gasteiger partial charge in [-0.25, -0.2) is 0 Å². The lowest BCUT2D eigenvalue weighted by atomic mass is 9.98. The van der Waals surface area contributed by atoms with Gasteiger partial charge in [0, 0.05) is 6.42 Å². The molecule has 1 N–H and O–H groups in total. The van der Waals surface area contributed by atoms with Crippen LogP contribution < -0.4 is 14.2 Å². The smallest absolute Gasteiger partial charge is 0.303 e. The lowest BCUT2D eigenvalue weighted by Crippen LogP contribution is -2.10. The van der Waals surface area contributed by atoms with E-state index >= 15 is 0 Å². The first-order valence-corrected chi connectivity index (χ1v) is 9.74. The Labute approximate surface area is 167 Å². The maximum absolute atomic E-state index is 10.7. The van der Waals surface area contributed by atoms with E-state index in [2.05, 4.69) is 32.9 Å². The average Bonchev–Trinajstić information content (AvgIpc) is 2.64. The molecule has 2 aromatic carbocycles. The molecule has 0 unspecified atom stereocenters. The second-order valence-electron chi connectivity index (χ2n) is 6.98. The highest BCUT2D eigenvalue weighted by molar-refractivity contribution is 5.67. The second kappa shape index (κ2) is 10.6. The first-order chi connectivity index (χ1) is 13.4. The van der Waals surface area contributed by atoms with Gasteiger partial charge in [0.25, 0.3) is 0 Å². The molecular formula is C23H30O5. The maximum Gasteiger partial charge on any atom is 0.303 e. The fraction of sp³-hybridized carbons (Fsp3) is 0.435. The molecule has 0 spiro atoms. The normalized spacial score (nSPS) is 10.8. The molecule has 5 heteroatoms. The fourth-order valence-corrected chi connectivity index (χ4v) is 3.04. The molecule has 28 heavy (non-hydrogen) atoms. The highest BCUT2D eigenvalue weighted by Gasteiger charge is 2.09. The number of hydrogen-bond acceptors (Lipinski definition) is 4. The van der Waals surface area contributed by atoms with E-state index in [0.717, 1.165) is 11.3 Å². The first kappa shape index (κ1) is 21.6. The molecule has 0 radical (unpaired) electrons. The summed E-state index contributed by atoms with van der Waals surface area (Å²) in [6, 6.07) is 11.7. The lowest BCUT2D eigenvalue weighted by Gasteiger charge is -2.15. The predicted octanol–water partition coefficient (Wildman–Crippen LogP) is 4.99. The maximum atomic E-state index is 10.7. The highest BCUT2D eigenvalue weighted by atomic mass is 16.5. The summed E-state index contributed by atoms with van der Waals surface area (Å²) < 4.78 is 17.3. The Balaban J connectivity index is 1.91. The fourth-order valence-electron chi connectivity index (χ4n) is 3.04. The van der Waals surface area contributed by atoms with Crippen molar-refractivity contribution < 1.29 is 24.1 Å². The molecule has 0 fully saturated rings. The summed E-state index contributed by atoms with van der Waals surface area (Å²) in [5, 5.41) is 8.83. The van der Waals surface area contributed by atoms with Gasteiger partial charge in [-0.05, 0) is 67.1 Å². The number of aliphatic carboxylic acids is 1. The monoisotopic (exact) mass is 386 g/mol. The average molecular weight is 386 g/mol. The van der Waals surface area contributed by atoms with Crippen molar-refractivity contribution in [3.8, 4) is 17.2 Å². The molecule has 0 aliphatic carbocycles. The van der Waals surface area contributed by atoms with Gasteiger partial charge < -0.3 is 19.3 Å². The predicted molar refractivity (Wildman–Crippen MR) is 110 cm³/mol. The van der Waals surface area contributed by atoms with E-state index in [1.54, 1.807) is 0 Å². The van der Waals surface area contributed by atoms with Crippen molar-refractivity contribution in [2.75, 3.05) is 19.8 Å². The number of hydrogen-bond donors (Lipinski definition) is 1. The van der Waals surface area contributed by atoms with E-state index in [1.807, 2.05) is 31.2 Å². The van der Waals surface area contributed by atoms with Crippen LogP contribution in [0.2, 0.25) is 0 Å². The Hall–Kier alpha value is -2.69. The highest BCUT2D eigenvalue weighted by Crippen LogP contribution is 2.29. The van der Waals surface area contributed by atoms with Crippen molar-refractivity contribution >= 4 is 5.97 Å². The molecule has 2 rings (SSSR count). The Morgan fingerprint density at radius 3 is 2.39 bits per heavy atom. The first-order valence-electron chi connectivity index (χ1n) is 9.74. The van der Waals surface area contributed by atoms with Crippen molar-refractivity contribution in [2.24, 2.45) is 0 Å². The molecule has 0 aliphatic heterocycles. The van der Waals surface area contributed by atoms with Crippen LogP contribution in [-0.2, 0) is 11.2 Å². The van der Waals surface area contributed by atoms with Crippen LogP contribution in [0.25, 0.3) is 0 Å². The summed E-state index contributed by atoms with van der Waals surface area (Å²) in [5.41, 5.74) is 3.46. The Bertz CT molecular complexity index is 783. The van der Waals surface area contributed by atoms with Gasteiger partial charge in [-0.1, -0.05) is 26.0 Å². The zero-order valence-electron chi connectivity index (χ0n) is 17.2. The molecule has 0 aliphatic rings. The van der Waals surface area contributed by atoms with Gasteiger partial charge in [-0.15, -0.1) is 0 Å². The minimum Gasteiger partial charge on any atom is -0.490 e. The molecule has 0 saturated carbocycles. The minimum absolute atomic E-state index is 0.0919. The van der Waals surface area contributed by atoms with Gasteiger partial charge in [-0.3, -0.25) is 4.79 Å². The molecule has 0 bridgehead atoms. The molecule has 0 amide bonds. The van der Waals surface area contributed by atoms with Gasteiger partial charge in [0.2, 0.25) is 0 Å². The van der Waals surface area contributed by atoms with E-state index in [9.17, 15) is 4.79 Å². The number of ether oxygens (including phenoxy) is 3. The summed E-state index contributed by atoms with van der Waals surface area (Å²) in [5.74, 6) is 1.78. The van der Waals surface area contributed by atoms with Crippen molar-refractivity contribution in [3.63, 3.8) is 0 Å². The van der Waals surface area contributed by atoms with E-state index in [-0.39, 0.29) is 6.42 Å². The van der Waals surface area contributed by atoms with Crippen LogP contribution in [0.3, 0.4) is 0 Å². The van der Waals surface area contributed by atoms with Crippen LogP contribution in [0.5, 0.6) is 17.2 Å². The molecule has 0 saturated heterocycles. The molecule has 152 valence electrons. The van der Waals surface area contributed by atoms with E-state index in [1.165, 1.54) is 11.1 Å². The molecule has 0 atom stereocenters. The molecule has 0 heterocycles. The Kier molecular flexibility index (Phi) is 8.18. The van der Waals surface area contributed by atoms with E-state index < -0.39 is 5.97 Å². The van der Waals surface area contributed by atoms with Gasteiger partial charge in [0.15, 0.2) is 11.5 Å². The van der Waals surface area contributed by atoms with Gasteiger partial charge in [0.05, 0.1) is 6.61 Å². The van der Waals surface area contributed by atoms with Crippen LogP contribution in [-0.4, -0.2) is 30.9 Å². The summed E-state index contributed by atoms with van der Waals surface area (Å²) in [7, 11) is 0. The Morgan fingerprint density at radius 2 is 1.75 bits per heavy atom. The summed E-state index contributed by atoms with van der Waals surface area (Å²) in [6.45, 7) is 9.68. The van der Waals surface area contributed by atoms with Crippen LogP contribution in [0.15, 0.2) is 36.4 Å². The largest absolute Gasteiger partial charge is 0.490 e. The van der Waals surface area contributed by atoms with Crippen molar-refractivity contribution in [2.45, 2.75) is 46.5 Å². The third-order valence-corrected chi connectivity index (χ3v) is 4.41. The summed E-state index contributed by atoms with van der Waals surface area (Å²) in [4.78, 5) is 10.7.